The number of hydrogen-bond acceptors (Lipinski definition) is 3. The molecule has 1 heterocycles. The summed E-state index contributed by atoms with van der Waals surface area (Å²) in [7, 11) is 1.56. The van der Waals surface area contributed by atoms with Crippen molar-refractivity contribution in [2.75, 3.05) is 24.2 Å². The second-order valence-electron chi connectivity index (χ2n) is 5.74. The Kier molecular flexibility index (Phi) is 3.84. The predicted octanol–water partition coefficient (Wildman–Crippen LogP) is 3.99. The maximum atomic E-state index is 12.8. The molecule has 0 aliphatic heterocycles. The van der Waals surface area contributed by atoms with E-state index in [2.05, 4.69) is 29.5 Å². The lowest BCUT2D eigenvalue weighted by atomic mass is 9.92. The third-order valence-corrected chi connectivity index (χ3v) is 4.15. The van der Waals surface area contributed by atoms with E-state index in [0.29, 0.717) is 12.5 Å². The molecule has 2 rings (SSSR count). The highest BCUT2D eigenvalue weighted by Crippen LogP contribution is 2.51. The molecule has 2 N–H and O–H groups in total. The van der Waals surface area contributed by atoms with Crippen molar-refractivity contribution in [1.82, 2.24) is 4.98 Å². The Morgan fingerprint density at radius 1 is 1.25 bits per heavy atom. The molecule has 0 atom stereocenters. The maximum absolute atomic E-state index is 12.8. The second-order valence-corrected chi connectivity index (χ2v) is 5.74. The number of rotatable bonds is 5. The second kappa shape index (κ2) is 5.14. The van der Waals surface area contributed by atoms with Gasteiger partial charge in [0.05, 0.1) is 5.56 Å². The van der Waals surface area contributed by atoms with Gasteiger partial charge in [-0.2, -0.15) is 13.2 Å². The molecule has 0 amide bonds. The van der Waals surface area contributed by atoms with Gasteiger partial charge in [0, 0.05) is 13.6 Å². The van der Waals surface area contributed by atoms with Crippen molar-refractivity contribution in [3.63, 3.8) is 0 Å². The van der Waals surface area contributed by atoms with E-state index in [1.165, 1.54) is 0 Å². The standard InChI is InChI=1S/C14H20F3N3/c1-9(2)13(4-5-13)8-19-12-7-10(14(15,16)17)6-11(18-3)20-12/h6-7,9H,4-5,8H2,1-3H3,(H2,18,19,20). The first-order valence-corrected chi connectivity index (χ1v) is 6.78. The van der Waals surface area contributed by atoms with E-state index in [0.717, 1.165) is 25.0 Å². The van der Waals surface area contributed by atoms with Gasteiger partial charge in [-0.1, -0.05) is 13.8 Å². The number of nitrogens with zero attached hydrogens (tertiary/aromatic N) is 1. The van der Waals surface area contributed by atoms with Crippen LogP contribution in [0.5, 0.6) is 0 Å². The number of halogens is 3. The van der Waals surface area contributed by atoms with Crippen molar-refractivity contribution >= 4 is 11.6 Å². The Balaban J connectivity index is 2.15. The molecule has 112 valence electrons. The normalized spacial score (nSPS) is 17.1. The van der Waals surface area contributed by atoms with Gasteiger partial charge in [0.1, 0.15) is 11.6 Å². The van der Waals surface area contributed by atoms with E-state index in [4.69, 9.17) is 0 Å². The van der Waals surface area contributed by atoms with Crippen LogP contribution in [0.2, 0.25) is 0 Å². The van der Waals surface area contributed by atoms with Crippen LogP contribution in [0.1, 0.15) is 32.3 Å². The lowest BCUT2D eigenvalue weighted by Gasteiger charge is -2.21. The van der Waals surface area contributed by atoms with Gasteiger partial charge in [0.2, 0.25) is 0 Å². The van der Waals surface area contributed by atoms with Gasteiger partial charge >= 0.3 is 6.18 Å². The van der Waals surface area contributed by atoms with Crippen molar-refractivity contribution in [2.45, 2.75) is 32.9 Å². The largest absolute Gasteiger partial charge is 0.416 e. The van der Waals surface area contributed by atoms with Crippen molar-refractivity contribution < 1.29 is 13.2 Å². The van der Waals surface area contributed by atoms with Crippen LogP contribution in [0.4, 0.5) is 24.8 Å². The number of pyridine rings is 1. The molecule has 0 aromatic carbocycles. The Labute approximate surface area is 117 Å². The van der Waals surface area contributed by atoms with Crippen molar-refractivity contribution in [2.24, 2.45) is 11.3 Å². The Morgan fingerprint density at radius 3 is 2.30 bits per heavy atom. The van der Waals surface area contributed by atoms with Gasteiger partial charge in [-0.15, -0.1) is 0 Å². The number of aromatic nitrogens is 1. The van der Waals surface area contributed by atoms with Crippen LogP contribution in [0.25, 0.3) is 0 Å². The molecule has 1 aliphatic carbocycles. The summed E-state index contributed by atoms with van der Waals surface area (Å²) >= 11 is 0. The van der Waals surface area contributed by atoms with E-state index in [1.54, 1.807) is 7.05 Å². The summed E-state index contributed by atoms with van der Waals surface area (Å²) in [5.74, 6) is 1.01. The minimum atomic E-state index is -4.36. The summed E-state index contributed by atoms with van der Waals surface area (Å²) in [5.41, 5.74) is -0.468. The van der Waals surface area contributed by atoms with Crippen molar-refractivity contribution in [3.05, 3.63) is 17.7 Å². The van der Waals surface area contributed by atoms with Gasteiger partial charge in [0.15, 0.2) is 0 Å². The lowest BCUT2D eigenvalue weighted by molar-refractivity contribution is -0.137. The lowest BCUT2D eigenvalue weighted by Crippen LogP contribution is -2.21. The minimum Gasteiger partial charge on any atom is -0.373 e. The van der Waals surface area contributed by atoms with E-state index < -0.39 is 11.7 Å². The zero-order valence-corrected chi connectivity index (χ0v) is 11.9. The molecule has 1 aromatic heterocycles. The fourth-order valence-corrected chi connectivity index (χ4v) is 2.30. The van der Waals surface area contributed by atoms with Crippen LogP contribution < -0.4 is 10.6 Å². The van der Waals surface area contributed by atoms with Gasteiger partial charge < -0.3 is 10.6 Å². The van der Waals surface area contributed by atoms with Gasteiger partial charge in [0.25, 0.3) is 0 Å². The monoisotopic (exact) mass is 287 g/mol. The van der Waals surface area contributed by atoms with E-state index >= 15 is 0 Å². The minimum absolute atomic E-state index is 0.218. The first-order valence-electron chi connectivity index (χ1n) is 6.78. The summed E-state index contributed by atoms with van der Waals surface area (Å²) in [4.78, 5) is 4.13. The van der Waals surface area contributed by atoms with Crippen molar-refractivity contribution in [3.8, 4) is 0 Å². The third kappa shape index (κ3) is 3.16. The molecule has 0 bridgehead atoms. The maximum Gasteiger partial charge on any atom is 0.416 e. The Morgan fingerprint density at radius 2 is 1.85 bits per heavy atom. The fourth-order valence-electron chi connectivity index (χ4n) is 2.30. The topological polar surface area (TPSA) is 37.0 Å². The zero-order valence-electron chi connectivity index (χ0n) is 11.9. The quantitative estimate of drug-likeness (QED) is 0.859. The SMILES string of the molecule is CNc1cc(C(F)(F)F)cc(NCC2(C(C)C)CC2)n1. The molecule has 20 heavy (non-hydrogen) atoms. The van der Waals surface area contributed by atoms with Gasteiger partial charge in [-0.3, -0.25) is 0 Å². The highest BCUT2D eigenvalue weighted by molar-refractivity contribution is 5.49. The average molecular weight is 287 g/mol. The molecule has 1 aromatic rings. The summed E-state index contributed by atoms with van der Waals surface area (Å²) < 4.78 is 38.4. The number of anilines is 2. The molecule has 1 saturated carbocycles. The van der Waals surface area contributed by atoms with E-state index in [1.807, 2.05) is 0 Å². The average Bonchev–Trinajstić information content (AvgIpc) is 3.16. The van der Waals surface area contributed by atoms with Gasteiger partial charge in [-0.25, -0.2) is 4.98 Å². The molecule has 1 fully saturated rings. The molecule has 0 saturated heterocycles. The number of nitrogens with one attached hydrogen (secondary N) is 2. The van der Waals surface area contributed by atoms with Crippen LogP contribution in [0, 0.1) is 11.3 Å². The first-order chi connectivity index (χ1) is 9.27. The molecule has 0 radical (unpaired) electrons. The van der Waals surface area contributed by atoms with Crippen LogP contribution >= 0.6 is 0 Å². The number of alkyl halides is 3. The Hall–Kier alpha value is -1.46. The summed E-state index contributed by atoms with van der Waals surface area (Å²) in [5, 5.41) is 5.73. The van der Waals surface area contributed by atoms with Crippen LogP contribution in [-0.2, 0) is 6.18 Å². The molecule has 0 spiro atoms. The number of hydrogen-bond donors (Lipinski definition) is 2. The van der Waals surface area contributed by atoms with Crippen molar-refractivity contribution in [1.29, 1.82) is 0 Å². The summed E-state index contributed by atoms with van der Waals surface area (Å²) in [6.07, 6.45) is -2.12. The molecule has 0 unspecified atom stereocenters. The highest BCUT2D eigenvalue weighted by atomic mass is 19.4. The molecular weight excluding hydrogens is 267 g/mol. The predicted molar refractivity (Wildman–Crippen MR) is 73.8 cm³/mol. The first kappa shape index (κ1) is 14.9. The molecule has 3 nitrogen and oxygen atoms in total. The molecule has 6 heteroatoms. The van der Waals surface area contributed by atoms with Crippen LogP contribution in [0.3, 0.4) is 0 Å². The Bertz CT molecular complexity index is 479. The smallest absolute Gasteiger partial charge is 0.373 e. The van der Waals surface area contributed by atoms with E-state index in [-0.39, 0.29) is 17.1 Å². The van der Waals surface area contributed by atoms with Crippen LogP contribution in [-0.4, -0.2) is 18.6 Å². The fraction of sp³-hybridized carbons (Fsp3) is 0.643. The summed E-state index contributed by atoms with van der Waals surface area (Å²) in [6, 6.07) is 2.08. The van der Waals surface area contributed by atoms with Crippen LogP contribution in [0.15, 0.2) is 12.1 Å². The highest BCUT2D eigenvalue weighted by Gasteiger charge is 2.45. The third-order valence-electron chi connectivity index (χ3n) is 4.15. The molecular formula is C14H20F3N3. The van der Waals surface area contributed by atoms with Gasteiger partial charge in [-0.05, 0) is 36.3 Å². The molecule has 1 aliphatic rings. The van der Waals surface area contributed by atoms with E-state index in [9.17, 15) is 13.2 Å². The zero-order chi connectivity index (χ0) is 15.0. The summed E-state index contributed by atoms with van der Waals surface area (Å²) in [6.45, 7) is 4.96.